The predicted octanol–water partition coefficient (Wildman–Crippen LogP) is 4.76. The molecule has 0 saturated carbocycles. The summed E-state index contributed by atoms with van der Waals surface area (Å²) < 4.78 is 38.7. The minimum Gasteiger partial charge on any atom is -0.355 e. The molecule has 2 aromatic carbocycles. The Bertz CT molecular complexity index is 799. The lowest BCUT2D eigenvalue weighted by atomic mass is 9.83. The van der Waals surface area contributed by atoms with Crippen LogP contribution in [0.15, 0.2) is 54.6 Å². The SMILES string of the molecule is CC(C)(CNC(=O)CCC(=O)c1ccccc1)c1cccc(C(F)(F)F)c1. The summed E-state index contributed by atoms with van der Waals surface area (Å²) in [5.41, 5.74) is -0.360. The van der Waals surface area contributed by atoms with Crippen molar-refractivity contribution in [3.8, 4) is 0 Å². The quantitative estimate of drug-likeness (QED) is 0.707. The molecular weight excluding hydrogens is 355 g/mol. The standard InChI is InChI=1S/C21H22F3NO2/c1-20(2,16-9-6-10-17(13-16)21(22,23)24)14-25-19(27)12-11-18(26)15-7-4-3-5-8-15/h3-10,13H,11-12,14H2,1-2H3,(H,25,27). The van der Waals surface area contributed by atoms with E-state index in [1.54, 1.807) is 50.2 Å². The average Bonchev–Trinajstić information content (AvgIpc) is 2.64. The molecule has 2 aromatic rings. The van der Waals surface area contributed by atoms with E-state index < -0.39 is 17.2 Å². The highest BCUT2D eigenvalue weighted by Gasteiger charge is 2.32. The van der Waals surface area contributed by atoms with Crippen LogP contribution in [-0.2, 0) is 16.4 Å². The van der Waals surface area contributed by atoms with Crippen molar-refractivity contribution in [2.45, 2.75) is 38.3 Å². The first kappa shape index (κ1) is 20.7. The summed E-state index contributed by atoms with van der Waals surface area (Å²) in [6.07, 6.45) is -4.29. The number of Topliss-reactive ketones (excluding diaryl/α,β-unsaturated/α-hetero) is 1. The first-order valence-corrected chi connectivity index (χ1v) is 8.62. The first-order chi connectivity index (χ1) is 12.6. The van der Waals surface area contributed by atoms with E-state index in [2.05, 4.69) is 5.32 Å². The van der Waals surface area contributed by atoms with Crippen molar-refractivity contribution in [2.24, 2.45) is 0 Å². The Balaban J connectivity index is 1.91. The Kier molecular flexibility index (Phi) is 6.41. The Morgan fingerprint density at radius 2 is 1.52 bits per heavy atom. The van der Waals surface area contributed by atoms with Crippen molar-refractivity contribution in [2.75, 3.05) is 6.54 Å². The highest BCUT2D eigenvalue weighted by molar-refractivity contribution is 5.97. The fourth-order valence-electron chi connectivity index (χ4n) is 2.62. The number of amides is 1. The number of rotatable bonds is 7. The molecule has 0 heterocycles. The van der Waals surface area contributed by atoms with Gasteiger partial charge in [-0.05, 0) is 11.6 Å². The summed E-state index contributed by atoms with van der Waals surface area (Å²) in [4.78, 5) is 24.1. The van der Waals surface area contributed by atoms with Crippen LogP contribution >= 0.6 is 0 Å². The molecule has 1 N–H and O–H groups in total. The molecule has 0 aliphatic heterocycles. The average molecular weight is 377 g/mol. The lowest BCUT2D eigenvalue weighted by Crippen LogP contribution is -2.37. The van der Waals surface area contributed by atoms with Gasteiger partial charge < -0.3 is 5.32 Å². The van der Waals surface area contributed by atoms with Crippen LogP contribution in [0.1, 0.15) is 48.2 Å². The van der Waals surface area contributed by atoms with Gasteiger partial charge in [-0.25, -0.2) is 0 Å². The van der Waals surface area contributed by atoms with E-state index in [1.165, 1.54) is 6.07 Å². The molecule has 0 bridgehead atoms. The first-order valence-electron chi connectivity index (χ1n) is 8.62. The van der Waals surface area contributed by atoms with Gasteiger partial charge in [0.1, 0.15) is 0 Å². The van der Waals surface area contributed by atoms with Crippen LogP contribution < -0.4 is 5.32 Å². The molecule has 27 heavy (non-hydrogen) atoms. The van der Waals surface area contributed by atoms with Crippen molar-refractivity contribution in [3.05, 3.63) is 71.3 Å². The van der Waals surface area contributed by atoms with Crippen molar-refractivity contribution in [3.63, 3.8) is 0 Å². The van der Waals surface area contributed by atoms with Gasteiger partial charge in [0, 0.05) is 30.4 Å². The maximum absolute atomic E-state index is 12.9. The van der Waals surface area contributed by atoms with E-state index in [9.17, 15) is 22.8 Å². The van der Waals surface area contributed by atoms with Gasteiger partial charge in [0.25, 0.3) is 0 Å². The minimum atomic E-state index is -4.41. The summed E-state index contributed by atoms with van der Waals surface area (Å²) in [5, 5.41) is 2.71. The third-order valence-corrected chi connectivity index (χ3v) is 4.37. The monoisotopic (exact) mass is 377 g/mol. The second kappa shape index (κ2) is 8.37. The van der Waals surface area contributed by atoms with Gasteiger partial charge in [0.15, 0.2) is 5.78 Å². The molecule has 0 spiro atoms. The van der Waals surface area contributed by atoms with E-state index in [0.717, 1.165) is 12.1 Å². The molecule has 0 aliphatic carbocycles. The molecule has 0 aromatic heterocycles. The van der Waals surface area contributed by atoms with Gasteiger partial charge in [0.2, 0.25) is 5.91 Å². The molecule has 0 atom stereocenters. The van der Waals surface area contributed by atoms with Gasteiger partial charge in [-0.1, -0.05) is 62.4 Å². The van der Waals surface area contributed by atoms with Crippen molar-refractivity contribution in [1.82, 2.24) is 5.32 Å². The number of halogens is 3. The van der Waals surface area contributed by atoms with Crippen LogP contribution in [0.5, 0.6) is 0 Å². The van der Waals surface area contributed by atoms with Gasteiger partial charge in [-0.2, -0.15) is 13.2 Å². The van der Waals surface area contributed by atoms with Gasteiger partial charge in [-0.15, -0.1) is 0 Å². The highest BCUT2D eigenvalue weighted by atomic mass is 19.4. The van der Waals surface area contributed by atoms with E-state index in [4.69, 9.17) is 0 Å². The third kappa shape index (κ3) is 5.94. The Morgan fingerprint density at radius 1 is 0.889 bits per heavy atom. The molecule has 144 valence electrons. The maximum atomic E-state index is 12.9. The molecular formula is C21H22F3NO2. The fraction of sp³-hybridized carbons (Fsp3) is 0.333. The number of hydrogen-bond acceptors (Lipinski definition) is 2. The molecule has 0 radical (unpaired) electrons. The van der Waals surface area contributed by atoms with Crippen molar-refractivity contribution >= 4 is 11.7 Å². The second-order valence-electron chi connectivity index (χ2n) is 7.03. The number of alkyl halides is 3. The molecule has 0 aliphatic rings. The molecule has 0 fully saturated rings. The lowest BCUT2D eigenvalue weighted by molar-refractivity contribution is -0.137. The second-order valence-corrected chi connectivity index (χ2v) is 7.03. The molecule has 3 nitrogen and oxygen atoms in total. The summed E-state index contributed by atoms with van der Waals surface area (Å²) in [6.45, 7) is 3.70. The van der Waals surface area contributed by atoms with Crippen molar-refractivity contribution < 1.29 is 22.8 Å². The molecule has 0 saturated heterocycles. The number of ketones is 1. The van der Waals surface area contributed by atoms with Gasteiger partial charge in [-0.3, -0.25) is 9.59 Å². The highest BCUT2D eigenvalue weighted by Crippen LogP contribution is 2.32. The number of carbonyl (C=O) groups excluding carboxylic acids is 2. The zero-order valence-electron chi connectivity index (χ0n) is 15.3. The van der Waals surface area contributed by atoms with Crippen LogP contribution in [0.4, 0.5) is 13.2 Å². The van der Waals surface area contributed by atoms with E-state index in [0.29, 0.717) is 11.1 Å². The Morgan fingerprint density at radius 3 is 2.15 bits per heavy atom. The predicted molar refractivity (Wildman–Crippen MR) is 97.5 cm³/mol. The van der Waals surface area contributed by atoms with Crippen molar-refractivity contribution in [1.29, 1.82) is 0 Å². The summed E-state index contributed by atoms with van der Waals surface area (Å²) in [6, 6.07) is 13.8. The normalized spacial score (nSPS) is 11.9. The van der Waals surface area contributed by atoms with E-state index >= 15 is 0 Å². The van der Waals surface area contributed by atoms with E-state index in [-0.39, 0.29) is 31.1 Å². The molecule has 1 amide bonds. The summed E-state index contributed by atoms with van der Waals surface area (Å²) >= 11 is 0. The topological polar surface area (TPSA) is 46.2 Å². The van der Waals surface area contributed by atoms with Crippen LogP contribution in [0.25, 0.3) is 0 Å². The zero-order valence-corrected chi connectivity index (χ0v) is 15.3. The maximum Gasteiger partial charge on any atom is 0.416 e. The van der Waals surface area contributed by atoms with Crippen LogP contribution in [-0.4, -0.2) is 18.2 Å². The number of benzene rings is 2. The van der Waals surface area contributed by atoms with Gasteiger partial charge >= 0.3 is 6.18 Å². The summed E-state index contributed by atoms with van der Waals surface area (Å²) in [7, 11) is 0. The lowest BCUT2D eigenvalue weighted by Gasteiger charge is -2.26. The molecule has 6 heteroatoms. The third-order valence-electron chi connectivity index (χ3n) is 4.37. The Hall–Kier alpha value is -2.63. The number of nitrogens with one attached hydrogen (secondary N) is 1. The molecule has 2 rings (SSSR count). The van der Waals surface area contributed by atoms with Crippen LogP contribution in [0, 0.1) is 0 Å². The summed E-state index contributed by atoms with van der Waals surface area (Å²) in [5.74, 6) is -0.428. The minimum absolute atomic E-state index is 0.0341. The number of carbonyl (C=O) groups is 2. The smallest absolute Gasteiger partial charge is 0.355 e. The largest absolute Gasteiger partial charge is 0.416 e. The molecule has 0 unspecified atom stereocenters. The van der Waals surface area contributed by atoms with Crippen LogP contribution in [0.2, 0.25) is 0 Å². The van der Waals surface area contributed by atoms with E-state index in [1.807, 2.05) is 0 Å². The van der Waals surface area contributed by atoms with Gasteiger partial charge in [0.05, 0.1) is 5.56 Å². The number of hydrogen-bond donors (Lipinski definition) is 1. The van der Waals surface area contributed by atoms with Crippen LogP contribution in [0.3, 0.4) is 0 Å². The zero-order chi connectivity index (χ0) is 20.1. The Labute approximate surface area is 156 Å². The fourth-order valence-corrected chi connectivity index (χ4v) is 2.62.